The number of thioether (sulfide) groups is 1. The fourth-order valence-electron chi connectivity index (χ4n) is 4.01. The van der Waals surface area contributed by atoms with Crippen molar-refractivity contribution in [3.63, 3.8) is 0 Å². The minimum Gasteiger partial charge on any atom is -0.355 e. The number of nitrogens with zero attached hydrogens (tertiary/aromatic N) is 4. The Morgan fingerprint density at radius 3 is 2.62 bits per heavy atom. The fourth-order valence-corrected chi connectivity index (χ4v) is 5.11. The highest BCUT2D eigenvalue weighted by atomic mass is 35.5. The summed E-state index contributed by atoms with van der Waals surface area (Å²) in [4.78, 5) is 37.9. The first kappa shape index (κ1) is 27.0. The lowest BCUT2D eigenvalue weighted by Crippen LogP contribution is -2.55. The normalized spacial score (nSPS) is 15.4. The van der Waals surface area contributed by atoms with Crippen LogP contribution in [0.2, 0.25) is 10.2 Å². The molecular formula is C26H28Cl2N6O2S. The molecule has 0 aliphatic carbocycles. The molecule has 1 fully saturated rings. The van der Waals surface area contributed by atoms with Gasteiger partial charge in [-0.05, 0) is 37.1 Å². The standard InChI is InChI=1S/C26H28Cl2N6O2S/c1-18-16-33(12-13-34(18)26(36)30-21-9-5-8-20(27)14-21)23-15-22(28)31-25(32-23)37-17-24(35)29-11-10-19-6-3-2-4-7-19/h2-9,14-15,18H,10-13,16-17H2,1H3,(H,29,35)(H,30,36). The molecule has 0 spiro atoms. The quantitative estimate of drug-likeness (QED) is 0.230. The molecule has 1 aliphatic heterocycles. The summed E-state index contributed by atoms with van der Waals surface area (Å²) < 4.78 is 0. The van der Waals surface area contributed by atoms with Gasteiger partial charge in [0.2, 0.25) is 5.91 Å². The summed E-state index contributed by atoms with van der Waals surface area (Å²) in [5.74, 6) is 0.787. The van der Waals surface area contributed by atoms with E-state index in [0.717, 1.165) is 6.42 Å². The van der Waals surface area contributed by atoms with Crippen LogP contribution in [0.1, 0.15) is 12.5 Å². The van der Waals surface area contributed by atoms with Crippen molar-refractivity contribution in [3.8, 4) is 0 Å². The molecule has 1 unspecified atom stereocenters. The van der Waals surface area contributed by atoms with Crippen LogP contribution in [-0.4, -0.2) is 64.8 Å². The largest absolute Gasteiger partial charge is 0.355 e. The number of piperazine rings is 1. The smallest absolute Gasteiger partial charge is 0.322 e. The molecular weight excluding hydrogens is 531 g/mol. The van der Waals surface area contributed by atoms with Gasteiger partial charge >= 0.3 is 6.03 Å². The fraction of sp³-hybridized carbons (Fsp3) is 0.308. The van der Waals surface area contributed by atoms with Crippen LogP contribution in [0.4, 0.5) is 16.3 Å². The number of rotatable bonds is 8. The SMILES string of the molecule is CC1CN(c2cc(Cl)nc(SCC(=O)NCCc3ccccc3)n2)CCN1C(=O)Nc1cccc(Cl)c1. The Morgan fingerprint density at radius 2 is 1.86 bits per heavy atom. The third-order valence-corrected chi connectivity index (χ3v) is 7.14. The maximum atomic E-state index is 12.8. The van der Waals surface area contributed by atoms with Gasteiger partial charge in [-0.25, -0.2) is 14.8 Å². The number of urea groups is 1. The van der Waals surface area contributed by atoms with E-state index in [1.807, 2.05) is 37.3 Å². The lowest BCUT2D eigenvalue weighted by atomic mass is 10.1. The zero-order chi connectivity index (χ0) is 26.2. The topological polar surface area (TPSA) is 90.5 Å². The van der Waals surface area contributed by atoms with Crippen molar-refractivity contribution in [2.24, 2.45) is 0 Å². The number of aromatic nitrogens is 2. The molecule has 3 amide bonds. The van der Waals surface area contributed by atoms with Crippen LogP contribution >= 0.6 is 35.0 Å². The molecule has 2 heterocycles. The third-order valence-electron chi connectivity index (χ3n) is 5.86. The summed E-state index contributed by atoms with van der Waals surface area (Å²) in [5, 5.41) is 7.14. The average molecular weight is 560 g/mol. The first-order chi connectivity index (χ1) is 17.9. The number of hydrogen-bond donors (Lipinski definition) is 2. The molecule has 1 aliphatic rings. The van der Waals surface area contributed by atoms with Gasteiger partial charge in [0.1, 0.15) is 11.0 Å². The Bertz CT molecular complexity index is 1230. The molecule has 4 rings (SSSR count). The lowest BCUT2D eigenvalue weighted by Gasteiger charge is -2.40. The maximum absolute atomic E-state index is 12.8. The van der Waals surface area contributed by atoms with E-state index in [-0.39, 0.29) is 23.7 Å². The highest BCUT2D eigenvalue weighted by molar-refractivity contribution is 7.99. The van der Waals surface area contributed by atoms with E-state index in [9.17, 15) is 9.59 Å². The van der Waals surface area contributed by atoms with E-state index in [0.29, 0.717) is 53.0 Å². The molecule has 11 heteroatoms. The van der Waals surface area contributed by atoms with Gasteiger partial charge in [-0.15, -0.1) is 0 Å². The van der Waals surface area contributed by atoms with Crippen LogP contribution < -0.4 is 15.5 Å². The number of amides is 3. The van der Waals surface area contributed by atoms with E-state index >= 15 is 0 Å². The van der Waals surface area contributed by atoms with Crippen LogP contribution in [0.5, 0.6) is 0 Å². The average Bonchev–Trinajstić information content (AvgIpc) is 2.87. The summed E-state index contributed by atoms with van der Waals surface area (Å²) >= 11 is 13.5. The van der Waals surface area contributed by atoms with Crippen molar-refractivity contribution < 1.29 is 9.59 Å². The molecule has 3 aromatic rings. The highest BCUT2D eigenvalue weighted by Crippen LogP contribution is 2.24. The number of hydrogen-bond acceptors (Lipinski definition) is 6. The van der Waals surface area contributed by atoms with E-state index in [1.165, 1.54) is 17.3 Å². The summed E-state index contributed by atoms with van der Waals surface area (Å²) in [7, 11) is 0. The Balaban J connectivity index is 1.28. The molecule has 0 bridgehead atoms. The molecule has 0 saturated carbocycles. The number of carbonyl (C=O) groups excluding carboxylic acids is 2. The minimum atomic E-state index is -0.176. The second-order valence-corrected chi connectivity index (χ2v) is 10.4. The summed E-state index contributed by atoms with van der Waals surface area (Å²) in [6.45, 7) is 4.24. The van der Waals surface area contributed by atoms with Crippen LogP contribution in [0, 0.1) is 0 Å². The lowest BCUT2D eigenvalue weighted by molar-refractivity contribution is -0.118. The van der Waals surface area contributed by atoms with Gasteiger partial charge in [-0.1, -0.05) is 71.4 Å². The Kier molecular flexibility index (Phi) is 9.49. The predicted octanol–water partition coefficient (Wildman–Crippen LogP) is 4.98. The van der Waals surface area contributed by atoms with Gasteiger partial charge in [0.25, 0.3) is 0 Å². The van der Waals surface area contributed by atoms with E-state index < -0.39 is 0 Å². The van der Waals surface area contributed by atoms with Gasteiger partial charge in [-0.2, -0.15) is 0 Å². The predicted molar refractivity (Wildman–Crippen MR) is 150 cm³/mol. The number of nitrogens with one attached hydrogen (secondary N) is 2. The summed E-state index contributed by atoms with van der Waals surface area (Å²) in [5.41, 5.74) is 1.83. The Labute approximate surface area is 230 Å². The van der Waals surface area contributed by atoms with Crippen molar-refractivity contribution in [1.82, 2.24) is 20.2 Å². The first-order valence-electron chi connectivity index (χ1n) is 11.9. The van der Waals surface area contributed by atoms with Crippen molar-refractivity contribution in [3.05, 3.63) is 76.4 Å². The molecule has 1 saturated heterocycles. The van der Waals surface area contributed by atoms with Gasteiger partial charge in [0, 0.05) is 49.0 Å². The molecule has 1 atom stereocenters. The van der Waals surface area contributed by atoms with E-state index in [2.05, 4.69) is 25.5 Å². The second kappa shape index (κ2) is 13.0. The molecule has 2 aromatic carbocycles. The minimum absolute atomic E-state index is 0.0619. The summed E-state index contributed by atoms with van der Waals surface area (Å²) in [6.07, 6.45) is 0.774. The van der Waals surface area contributed by atoms with Gasteiger partial charge in [-0.3, -0.25) is 4.79 Å². The van der Waals surface area contributed by atoms with Crippen LogP contribution in [-0.2, 0) is 11.2 Å². The number of halogens is 2. The van der Waals surface area contributed by atoms with E-state index in [1.54, 1.807) is 35.2 Å². The monoisotopic (exact) mass is 558 g/mol. The van der Waals surface area contributed by atoms with Gasteiger partial charge < -0.3 is 20.4 Å². The van der Waals surface area contributed by atoms with Crippen LogP contribution in [0.3, 0.4) is 0 Å². The highest BCUT2D eigenvalue weighted by Gasteiger charge is 2.28. The van der Waals surface area contributed by atoms with Crippen molar-refractivity contribution in [2.75, 3.05) is 42.1 Å². The Hall–Kier alpha value is -3.01. The van der Waals surface area contributed by atoms with Crippen molar-refractivity contribution in [1.29, 1.82) is 0 Å². The zero-order valence-corrected chi connectivity index (χ0v) is 22.7. The third kappa shape index (κ3) is 7.99. The van der Waals surface area contributed by atoms with Crippen LogP contribution in [0.25, 0.3) is 0 Å². The van der Waals surface area contributed by atoms with Crippen molar-refractivity contribution in [2.45, 2.75) is 24.5 Å². The van der Waals surface area contributed by atoms with Crippen LogP contribution in [0.15, 0.2) is 65.8 Å². The second-order valence-electron chi connectivity index (χ2n) is 8.63. The molecule has 0 radical (unpaired) electrons. The number of carbonyl (C=O) groups is 2. The van der Waals surface area contributed by atoms with Gasteiger partial charge in [0.15, 0.2) is 5.16 Å². The number of anilines is 2. The molecule has 37 heavy (non-hydrogen) atoms. The molecule has 8 nitrogen and oxygen atoms in total. The molecule has 194 valence electrons. The first-order valence-corrected chi connectivity index (χ1v) is 13.7. The Morgan fingerprint density at radius 1 is 1.05 bits per heavy atom. The molecule has 1 aromatic heterocycles. The number of benzene rings is 2. The van der Waals surface area contributed by atoms with Crippen molar-refractivity contribution >= 4 is 58.4 Å². The zero-order valence-electron chi connectivity index (χ0n) is 20.4. The van der Waals surface area contributed by atoms with Gasteiger partial charge in [0.05, 0.1) is 5.75 Å². The van der Waals surface area contributed by atoms with E-state index in [4.69, 9.17) is 23.2 Å². The maximum Gasteiger partial charge on any atom is 0.322 e. The molecule has 2 N–H and O–H groups in total. The summed E-state index contributed by atoms with van der Waals surface area (Å²) in [6, 6.07) is 18.6.